The lowest BCUT2D eigenvalue weighted by Gasteiger charge is -2.05. The molecular formula is C19H17N7O. The number of hydrogen-bond donors (Lipinski definition) is 0. The maximum atomic E-state index is 5.28. The van der Waals surface area contributed by atoms with Gasteiger partial charge < -0.3 is 4.74 Å². The SMILES string of the molecule is COc1cccc(-n2ncc3c(N=NCc4ccncc4C)ncnc32)c1. The van der Waals surface area contributed by atoms with E-state index in [-0.39, 0.29) is 0 Å². The van der Waals surface area contributed by atoms with E-state index in [4.69, 9.17) is 4.74 Å². The topological polar surface area (TPSA) is 90.4 Å². The van der Waals surface area contributed by atoms with Gasteiger partial charge in [0.25, 0.3) is 0 Å². The van der Waals surface area contributed by atoms with Crippen molar-refractivity contribution in [1.82, 2.24) is 24.7 Å². The fourth-order valence-electron chi connectivity index (χ4n) is 2.70. The lowest BCUT2D eigenvalue weighted by atomic mass is 10.2. The van der Waals surface area contributed by atoms with Crippen LogP contribution in [-0.4, -0.2) is 31.8 Å². The van der Waals surface area contributed by atoms with Gasteiger partial charge in [-0.25, -0.2) is 14.6 Å². The molecule has 0 N–H and O–H groups in total. The van der Waals surface area contributed by atoms with Gasteiger partial charge in [0.2, 0.25) is 0 Å². The predicted molar refractivity (Wildman–Crippen MR) is 100 cm³/mol. The van der Waals surface area contributed by atoms with E-state index in [0.29, 0.717) is 18.0 Å². The molecule has 0 amide bonds. The monoisotopic (exact) mass is 359 g/mol. The Kier molecular flexibility index (Phi) is 4.52. The summed E-state index contributed by atoms with van der Waals surface area (Å²) in [4.78, 5) is 12.7. The fourth-order valence-corrected chi connectivity index (χ4v) is 2.70. The van der Waals surface area contributed by atoms with Crippen molar-refractivity contribution >= 4 is 16.9 Å². The number of hydrogen-bond acceptors (Lipinski definition) is 7. The van der Waals surface area contributed by atoms with E-state index in [1.165, 1.54) is 6.33 Å². The Morgan fingerprint density at radius 1 is 1.15 bits per heavy atom. The minimum atomic E-state index is 0.462. The molecule has 0 aliphatic heterocycles. The third kappa shape index (κ3) is 3.37. The number of ether oxygens (including phenoxy) is 1. The van der Waals surface area contributed by atoms with Crippen LogP contribution in [-0.2, 0) is 6.54 Å². The molecule has 0 saturated heterocycles. The average Bonchev–Trinajstić information content (AvgIpc) is 3.14. The fraction of sp³-hybridized carbons (Fsp3) is 0.158. The molecule has 0 aliphatic rings. The normalized spacial score (nSPS) is 11.3. The standard InChI is InChI=1S/C19H17N7O/c1-13-9-20-7-6-14(13)10-23-25-18-17-11-24-26(19(17)22-12-21-18)15-4-3-5-16(8-15)27-2/h3-9,11-12H,10H2,1-2H3. The minimum Gasteiger partial charge on any atom is -0.497 e. The van der Waals surface area contributed by atoms with Gasteiger partial charge in [0, 0.05) is 18.5 Å². The number of pyridine rings is 1. The molecule has 134 valence electrons. The Morgan fingerprint density at radius 2 is 2.07 bits per heavy atom. The average molecular weight is 359 g/mol. The lowest BCUT2D eigenvalue weighted by Crippen LogP contribution is -1.98. The number of aryl methyl sites for hydroxylation is 1. The summed E-state index contributed by atoms with van der Waals surface area (Å²) in [6.07, 6.45) is 6.72. The third-order valence-corrected chi connectivity index (χ3v) is 4.19. The van der Waals surface area contributed by atoms with Crippen molar-refractivity contribution < 1.29 is 4.74 Å². The van der Waals surface area contributed by atoms with Crippen molar-refractivity contribution in [1.29, 1.82) is 0 Å². The molecule has 0 saturated carbocycles. The van der Waals surface area contributed by atoms with Crippen LogP contribution in [0.15, 0.2) is 65.5 Å². The molecule has 0 bridgehead atoms. The van der Waals surface area contributed by atoms with Crippen molar-refractivity contribution in [2.24, 2.45) is 10.2 Å². The first-order valence-corrected chi connectivity index (χ1v) is 8.36. The maximum Gasteiger partial charge on any atom is 0.188 e. The van der Waals surface area contributed by atoms with Crippen LogP contribution in [0.25, 0.3) is 16.7 Å². The summed E-state index contributed by atoms with van der Waals surface area (Å²) in [5, 5.41) is 13.7. The van der Waals surface area contributed by atoms with Gasteiger partial charge in [0.1, 0.15) is 12.1 Å². The molecule has 0 spiro atoms. The van der Waals surface area contributed by atoms with Crippen LogP contribution >= 0.6 is 0 Å². The Morgan fingerprint density at radius 3 is 2.93 bits per heavy atom. The Bertz CT molecular complexity index is 1120. The zero-order valence-corrected chi connectivity index (χ0v) is 14.9. The number of benzene rings is 1. The van der Waals surface area contributed by atoms with Crippen LogP contribution in [0, 0.1) is 6.92 Å². The maximum absolute atomic E-state index is 5.28. The number of nitrogens with zero attached hydrogens (tertiary/aromatic N) is 7. The summed E-state index contributed by atoms with van der Waals surface area (Å²) in [7, 11) is 1.63. The molecule has 0 aliphatic carbocycles. The summed E-state index contributed by atoms with van der Waals surface area (Å²) in [6, 6.07) is 9.54. The van der Waals surface area contributed by atoms with Crippen LogP contribution in [0.3, 0.4) is 0 Å². The summed E-state index contributed by atoms with van der Waals surface area (Å²) in [5.74, 6) is 1.23. The third-order valence-electron chi connectivity index (χ3n) is 4.19. The van der Waals surface area contributed by atoms with Crippen LogP contribution in [0.5, 0.6) is 5.75 Å². The zero-order valence-electron chi connectivity index (χ0n) is 14.9. The van der Waals surface area contributed by atoms with E-state index in [1.807, 2.05) is 43.5 Å². The Balaban J connectivity index is 1.66. The molecule has 0 radical (unpaired) electrons. The number of azo groups is 1. The van der Waals surface area contributed by atoms with E-state index in [9.17, 15) is 0 Å². The van der Waals surface area contributed by atoms with Crippen molar-refractivity contribution in [2.45, 2.75) is 13.5 Å². The number of methoxy groups -OCH3 is 1. The number of aromatic nitrogens is 5. The summed E-state index contributed by atoms with van der Waals surface area (Å²) in [5.41, 5.74) is 3.66. The first-order chi connectivity index (χ1) is 13.3. The van der Waals surface area contributed by atoms with E-state index in [0.717, 1.165) is 28.0 Å². The predicted octanol–water partition coefficient (Wildman–Crippen LogP) is 3.81. The minimum absolute atomic E-state index is 0.462. The Labute approximate surface area is 155 Å². The molecule has 1 aromatic carbocycles. The highest BCUT2D eigenvalue weighted by Gasteiger charge is 2.11. The molecule has 8 nitrogen and oxygen atoms in total. The quantitative estimate of drug-likeness (QED) is 0.505. The van der Waals surface area contributed by atoms with Gasteiger partial charge in [-0.05, 0) is 36.2 Å². The van der Waals surface area contributed by atoms with Crippen LogP contribution in [0.1, 0.15) is 11.1 Å². The summed E-state index contributed by atoms with van der Waals surface area (Å²) < 4.78 is 7.01. The van der Waals surface area contributed by atoms with Crippen molar-refractivity contribution in [3.05, 3.63) is 66.4 Å². The molecule has 3 aromatic heterocycles. The second-order valence-corrected chi connectivity index (χ2v) is 5.89. The largest absolute Gasteiger partial charge is 0.497 e. The Hall–Kier alpha value is -3.68. The van der Waals surface area contributed by atoms with Crippen LogP contribution in [0.2, 0.25) is 0 Å². The van der Waals surface area contributed by atoms with Gasteiger partial charge in [-0.1, -0.05) is 6.07 Å². The lowest BCUT2D eigenvalue weighted by molar-refractivity contribution is 0.414. The van der Waals surface area contributed by atoms with Crippen molar-refractivity contribution in [2.75, 3.05) is 7.11 Å². The molecule has 0 fully saturated rings. The number of rotatable bonds is 5. The van der Waals surface area contributed by atoms with Crippen LogP contribution < -0.4 is 4.74 Å². The second-order valence-electron chi connectivity index (χ2n) is 5.89. The first-order valence-electron chi connectivity index (χ1n) is 8.36. The smallest absolute Gasteiger partial charge is 0.188 e. The van der Waals surface area contributed by atoms with Gasteiger partial charge in [-0.3, -0.25) is 4.98 Å². The molecular weight excluding hydrogens is 342 g/mol. The van der Waals surface area contributed by atoms with Gasteiger partial charge >= 0.3 is 0 Å². The first kappa shape index (κ1) is 16.8. The highest BCUT2D eigenvalue weighted by atomic mass is 16.5. The van der Waals surface area contributed by atoms with E-state index < -0.39 is 0 Å². The van der Waals surface area contributed by atoms with E-state index in [1.54, 1.807) is 24.2 Å². The molecule has 4 aromatic rings. The summed E-state index contributed by atoms with van der Waals surface area (Å²) >= 11 is 0. The van der Waals surface area contributed by atoms with Gasteiger partial charge in [0.05, 0.1) is 30.9 Å². The van der Waals surface area contributed by atoms with Gasteiger partial charge in [-0.15, -0.1) is 5.11 Å². The number of fused-ring (bicyclic) bond motifs is 1. The van der Waals surface area contributed by atoms with E-state index in [2.05, 4.69) is 30.3 Å². The van der Waals surface area contributed by atoms with Gasteiger partial charge in [-0.2, -0.15) is 10.2 Å². The van der Waals surface area contributed by atoms with Crippen LogP contribution in [0.4, 0.5) is 5.82 Å². The molecule has 0 unspecified atom stereocenters. The van der Waals surface area contributed by atoms with Crippen molar-refractivity contribution in [3.8, 4) is 11.4 Å². The molecule has 8 heteroatoms. The molecule has 27 heavy (non-hydrogen) atoms. The van der Waals surface area contributed by atoms with E-state index >= 15 is 0 Å². The van der Waals surface area contributed by atoms with Crippen molar-refractivity contribution in [3.63, 3.8) is 0 Å². The zero-order chi connectivity index (χ0) is 18.6. The summed E-state index contributed by atoms with van der Waals surface area (Å²) in [6.45, 7) is 2.46. The second kappa shape index (κ2) is 7.28. The molecule has 4 rings (SSSR count). The molecule has 3 heterocycles. The van der Waals surface area contributed by atoms with Gasteiger partial charge in [0.15, 0.2) is 11.5 Å². The molecule has 0 atom stereocenters. The highest BCUT2D eigenvalue weighted by Crippen LogP contribution is 2.25. The highest BCUT2D eigenvalue weighted by molar-refractivity contribution is 5.85.